The number of hydrogen-bond donors (Lipinski definition) is 1. The molecule has 0 saturated heterocycles. The first-order chi connectivity index (χ1) is 17.4. The summed E-state index contributed by atoms with van der Waals surface area (Å²) in [6.07, 6.45) is 2.34. The van der Waals surface area contributed by atoms with Gasteiger partial charge in [0.15, 0.2) is 0 Å². The first-order valence-corrected chi connectivity index (χ1v) is 13.1. The van der Waals surface area contributed by atoms with E-state index < -0.39 is 6.04 Å². The van der Waals surface area contributed by atoms with Crippen LogP contribution in [0, 0.1) is 6.92 Å². The van der Waals surface area contributed by atoms with E-state index in [1.807, 2.05) is 62.4 Å². The molecule has 0 bridgehead atoms. The second-order valence-corrected chi connectivity index (χ2v) is 9.90. The van der Waals surface area contributed by atoms with Crippen LogP contribution in [-0.2, 0) is 29.0 Å². The maximum absolute atomic E-state index is 13.7. The number of amides is 2. The SMILES string of the molecule is CCCNC(=O)[C@@H](Cc1ccccc1)N(Cc1cccc(C)c1)C(=O)CCc1ccc(C(C)C)cc1. The van der Waals surface area contributed by atoms with Gasteiger partial charge in [0, 0.05) is 25.9 Å². The molecule has 4 heteroatoms. The maximum Gasteiger partial charge on any atom is 0.243 e. The predicted molar refractivity (Wildman–Crippen MR) is 148 cm³/mol. The molecule has 0 aromatic heterocycles. The molecule has 3 aromatic rings. The standard InChI is InChI=1S/C32H40N2O2/c1-5-20-33-32(36)30(22-27-11-7-6-8-12-27)34(23-28-13-9-10-25(4)21-28)31(35)19-16-26-14-17-29(18-15-26)24(2)3/h6-15,17-18,21,24,30H,5,16,19-20,22-23H2,1-4H3,(H,33,36)/t30-/m1/s1. The molecule has 190 valence electrons. The van der Waals surface area contributed by atoms with Crippen LogP contribution < -0.4 is 5.32 Å². The number of carbonyl (C=O) groups is 2. The van der Waals surface area contributed by atoms with Gasteiger partial charge in [-0.15, -0.1) is 0 Å². The van der Waals surface area contributed by atoms with E-state index in [0.717, 1.165) is 28.7 Å². The number of hydrogen-bond acceptors (Lipinski definition) is 2. The molecule has 4 nitrogen and oxygen atoms in total. The van der Waals surface area contributed by atoms with Crippen molar-refractivity contribution in [2.75, 3.05) is 6.54 Å². The zero-order valence-corrected chi connectivity index (χ0v) is 22.2. The van der Waals surface area contributed by atoms with E-state index in [9.17, 15) is 9.59 Å². The lowest BCUT2D eigenvalue weighted by Gasteiger charge is -2.32. The largest absolute Gasteiger partial charge is 0.354 e. The van der Waals surface area contributed by atoms with Crippen LogP contribution in [0.2, 0.25) is 0 Å². The van der Waals surface area contributed by atoms with Gasteiger partial charge < -0.3 is 10.2 Å². The van der Waals surface area contributed by atoms with Crippen molar-refractivity contribution in [3.8, 4) is 0 Å². The molecule has 1 N–H and O–H groups in total. The highest BCUT2D eigenvalue weighted by Gasteiger charge is 2.30. The summed E-state index contributed by atoms with van der Waals surface area (Å²) in [5, 5.41) is 3.04. The molecule has 0 heterocycles. The lowest BCUT2D eigenvalue weighted by atomic mass is 9.99. The highest BCUT2D eigenvalue weighted by Crippen LogP contribution is 2.19. The number of nitrogens with one attached hydrogen (secondary N) is 1. The van der Waals surface area contributed by atoms with Crippen molar-refractivity contribution in [2.45, 2.75) is 71.9 Å². The fraction of sp³-hybridized carbons (Fsp3) is 0.375. The average molecular weight is 485 g/mol. The van der Waals surface area contributed by atoms with Crippen molar-refractivity contribution < 1.29 is 9.59 Å². The maximum atomic E-state index is 13.7. The number of aryl methyl sites for hydroxylation is 2. The van der Waals surface area contributed by atoms with E-state index in [1.54, 1.807) is 4.90 Å². The summed E-state index contributed by atoms with van der Waals surface area (Å²) in [4.78, 5) is 28.9. The number of carbonyl (C=O) groups excluding carboxylic acids is 2. The molecular weight excluding hydrogens is 444 g/mol. The Bertz CT molecular complexity index is 1110. The van der Waals surface area contributed by atoms with Crippen LogP contribution >= 0.6 is 0 Å². The lowest BCUT2D eigenvalue weighted by Crippen LogP contribution is -2.50. The van der Waals surface area contributed by atoms with Gasteiger partial charge in [0.25, 0.3) is 0 Å². The van der Waals surface area contributed by atoms with Crippen LogP contribution in [0.5, 0.6) is 0 Å². The van der Waals surface area contributed by atoms with E-state index in [0.29, 0.717) is 38.3 Å². The molecule has 0 saturated carbocycles. The van der Waals surface area contributed by atoms with Gasteiger partial charge in [-0.2, -0.15) is 0 Å². The lowest BCUT2D eigenvalue weighted by molar-refractivity contribution is -0.141. The van der Waals surface area contributed by atoms with Gasteiger partial charge in [-0.1, -0.05) is 105 Å². The third-order valence-corrected chi connectivity index (χ3v) is 6.53. The van der Waals surface area contributed by atoms with Gasteiger partial charge in [-0.25, -0.2) is 0 Å². The van der Waals surface area contributed by atoms with Gasteiger partial charge in [0.1, 0.15) is 6.04 Å². The van der Waals surface area contributed by atoms with Crippen LogP contribution in [0.3, 0.4) is 0 Å². The highest BCUT2D eigenvalue weighted by molar-refractivity contribution is 5.88. The summed E-state index contributed by atoms with van der Waals surface area (Å²) in [6.45, 7) is 9.44. The Kier molecular flexibility index (Phi) is 10.3. The first kappa shape index (κ1) is 27.2. The van der Waals surface area contributed by atoms with Crippen molar-refractivity contribution >= 4 is 11.8 Å². The summed E-state index contributed by atoms with van der Waals surface area (Å²) in [6, 6.07) is 26.1. The van der Waals surface area contributed by atoms with Gasteiger partial charge in [-0.3, -0.25) is 9.59 Å². The zero-order valence-electron chi connectivity index (χ0n) is 22.2. The molecule has 3 rings (SSSR count). The number of nitrogens with zero attached hydrogens (tertiary/aromatic N) is 1. The van der Waals surface area contributed by atoms with Crippen LogP contribution in [-0.4, -0.2) is 29.3 Å². The van der Waals surface area contributed by atoms with E-state index in [1.165, 1.54) is 5.56 Å². The summed E-state index contributed by atoms with van der Waals surface area (Å²) in [5.41, 5.74) is 5.65. The molecular formula is C32H40N2O2. The third-order valence-electron chi connectivity index (χ3n) is 6.53. The fourth-order valence-corrected chi connectivity index (χ4v) is 4.39. The van der Waals surface area contributed by atoms with Crippen LogP contribution in [0.15, 0.2) is 78.9 Å². The fourth-order valence-electron chi connectivity index (χ4n) is 4.39. The Labute approximate surface area is 216 Å². The predicted octanol–water partition coefficient (Wildman–Crippen LogP) is 6.22. The molecule has 0 unspecified atom stereocenters. The molecule has 36 heavy (non-hydrogen) atoms. The monoisotopic (exact) mass is 484 g/mol. The second kappa shape index (κ2) is 13.6. The Morgan fingerprint density at radius 3 is 2.19 bits per heavy atom. The Morgan fingerprint density at radius 2 is 1.56 bits per heavy atom. The van der Waals surface area contributed by atoms with Crippen molar-refractivity contribution in [1.82, 2.24) is 10.2 Å². The van der Waals surface area contributed by atoms with Crippen LogP contribution in [0.4, 0.5) is 0 Å². The number of rotatable bonds is 12. The molecule has 0 aliphatic carbocycles. The molecule has 0 radical (unpaired) electrons. The minimum absolute atomic E-state index is 0.00276. The normalized spacial score (nSPS) is 11.8. The molecule has 3 aromatic carbocycles. The first-order valence-electron chi connectivity index (χ1n) is 13.1. The molecule has 0 fully saturated rings. The van der Waals surface area contributed by atoms with Gasteiger partial charge in [0.05, 0.1) is 0 Å². The van der Waals surface area contributed by atoms with E-state index >= 15 is 0 Å². The smallest absolute Gasteiger partial charge is 0.243 e. The quantitative estimate of drug-likeness (QED) is 0.332. The molecule has 0 aliphatic rings. The van der Waals surface area contributed by atoms with Crippen molar-refractivity contribution in [1.29, 1.82) is 0 Å². The highest BCUT2D eigenvalue weighted by atomic mass is 16.2. The Hall–Kier alpha value is -3.40. The minimum Gasteiger partial charge on any atom is -0.354 e. The average Bonchev–Trinajstić information content (AvgIpc) is 2.88. The van der Waals surface area contributed by atoms with Crippen molar-refractivity contribution in [3.63, 3.8) is 0 Å². The summed E-state index contributed by atoms with van der Waals surface area (Å²) < 4.78 is 0. The van der Waals surface area contributed by atoms with Crippen molar-refractivity contribution in [3.05, 3.63) is 107 Å². The van der Waals surface area contributed by atoms with Crippen LogP contribution in [0.1, 0.15) is 67.3 Å². The van der Waals surface area contributed by atoms with E-state index in [2.05, 4.69) is 49.5 Å². The van der Waals surface area contributed by atoms with Crippen molar-refractivity contribution in [2.24, 2.45) is 0 Å². The Balaban J connectivity index is 1.86. The summed E-state index contributed by atoms with van der Waals surface area (Å²) in [5.74, 6) is 0.380. The second-order valence-electron chi connectivity index (χ2n) is 9.90. The topological polar surface area (TPSA) is 49.4 Å². The van der Waals surface area contributed by atoms with E-state index in [-0.39, 0.29) is 11.8 Å². The molecule has 0 aliphatic heterocycles. The molecule has 2 amide bonds. The van der Waals surface area contributed by atoms with Gasteiger partial charge >= 0.3 is 0 Å². The van der Waals surface area contributed by atoms with Crippen LogP contribution in [0.25, 0.3) is 0 Å². The third kappa shape index (κ3) is 8.08. The van der Waals surface area contributed by atoms with Gasteiger partial charge in [-0.05, 0) is 47.9 Å². The summed E-state index contributed by atoms with van der Waals surface area (Å²) >= 11 is 0. The minimum atomic E-state index is -0.574. The summed E-state index contributed by atoms with van der Waals surface area (Å²) in [7, 11) is 0. The Morgan fingerprint density at radius 1 is 0.861 bits per heavy atom. The van der Waals surface area contributed by atoms with E-state index in [4.69, 9.17) is 0 Å². The number of benzene rings is 3. The zero-order chi connectivity index (χ0) is 25.9. The molecule has 0 spiro atoms. The molecule has 1 atom stereocenters. The van der Waals surface area contributed by atoms with Gasteiger partial charge in [0.2, 0.25) is 11.8 Å².